The Morgan fingerprint density at radius 3 is 2.77 bits per heavy atom. The number of anilines is 1. The Morgan fingerprint density at radius 1 is 1.17 bits per heavy atom. The molecule has 0 aliphatic carbocycles. The van der Waals surface area contributed by atoms with Gasteiger partial charge in [-0.25, -0.2) is 4.98 Å². The van der Waals surface area contributed by atoms with Crippen molar-refractivity contribution in [3.8, 4) is 5.75 Å². The van der Waals surface area contributed by atoms with Crippen molar-refractivity contribution >= 4 is 55.7 Å². The Kier molecular flexibility index (Phi) is 5.18. The molecule has 0 saturated carbocycles. The number of amides is 2. The van der Waals surface area contributed by atoms with Crippen molar-refractivity contribution in [2.24, 2.45) is 0 Å². The number of thioether (sulfide) groups is 1. The minimum atomic E-state index is -0.346. The van der Waals surface area contributed by atoms with Gasteiger partial charge >= 0.3 is 0 Å². The number of rotatable bonds is 5. The Labute approximate surface area is 181 Å². The maximum Gasteiger partial charge on any atom is 0.290 e. The first-order chi connectivity index (χ1) is 14.7. The second-order valence-electron chi connectivity index (χ2n) is 7.19. The standard InChI is InChI=1S/C22H19N3O3S2/c26-20-19(30-22(27)24-20)12-14-7-9-16(10-8-14)28-13-15-4-3-11-25(15)21-23-17-5-1-2-6-18(17)29-21/h1-2,5-10,12,15H,3-4,11,13H2,(H,24,26,27)/t15-/m0/s1. The lowest BCUT2D eigenvalue weighted by atomic mass is 10.2. The number of hydrogen-bond acceptors (Lipinski definition) is 7. The van der Waals surface area contributed by atoms with E-state index in [1.165, 1.54) is 4.70 Å². The minimum Gasteiger partial charge on any atom is -0.491 e. The van der Waals surface area contributed by atoms with Crippen LogP contribution in [0.5, 0.6) is 5.75 Å². The second kappa shape index (κ2) is 8.12. The van der Waals surface area contributed by atoms with E-state index in [0.29, 0.717) is 17.6 Å². The van der Waals surface area contributed by atoms with Gasteiger partial charge in [0.05, 0.1) is 21.2 Å². The zero-order valence-electron chi connectivity index (χ0n) is 16.0. The van der Waals surface area contributed by atoms with E-state index in [9.17, 15) is 9.59 Å². The molecule has 6 nitrogen and oxygen atoms in total. The molecular weight excluding hydrogens is 418 g/mol. The zero-order valence-corrected chi connectivity index (χ0v) is 17.7. The molecule has 5 rings (SSSR count). The number of hydrogen-bond donors (Lipinski definition) is 1. The molecule has 0 unspecified atom stereocenters. The first kappa shape index (κ1) is 19.1. The number of thiazole rings is 1. The lowest BCUT2D eigenvalue weighted by molar-refractivity contribution is -0.115. The van der Waals surface area contributed by atoms with E-state index < -0.39 is 0 Å². The van der Waals surface area contributed by atoms with E-state index >= 15 is 0 Å². The van der Waals surface area contributed by atoms with Crippen molar-refractivity contribution in [3.63, 3.8) is 0 Å². The number of fused-ring (bicyclic) bond motifs is 1. The highest BCUT2D eigenvalue weighted by Gasteiger charge is 2.28. The van der Waals surface area contributed by atoms with E-state index in [4.69, 9.17) is 9.72 Å². The maximum atomic E-state index is 11.7. The fourth-order valence-electron chi connectivity index (χ4n) is 3.67. The van der Waals surface area contributed by atoms with Crippen LogP contribution in [0.4, 0.5) is 9.93 Å². The molecule has 0 radical (unpaired) electrons. The van der Waals surface area contributed by atoms with Crippen LogP contribution in [0, 0.1) is 0 Å². The molecule has 2 aromatic carbocycles. The van der Waals surface area contributed by atoms with Crippen LogP contribution in [0.15, 0.2) is 53.4 Å². The molecule has 2 aliphatic heterocycles. The van der Waals surface area contributed by atoms with Crippen LogP contribution in [-0.4, -0.2) is 35.3 Å². The summed E-state index contributed by atoms with van der Waals surface area (Å²) in [5, 5.41) is 2.99. The number of carbonyl (C=O) groups is 2. The summed E-state index contributed by atoms with van der Waals surface area (Å²) in [6.45, 7) is 1.60. The fourth-order valence-corrected chi connectivity index (χ4v) is 5.41. The molecule has 1 aromatic heterocycles. The molecule has 3 aromatic rings. The van der Waals surface area contributed by atoms with Crippen molar-refractivity contribution in [2.45, 2.75) is 18.9 Å². The van der Waals surface area contributed by atoms with E-state index in [2.05, 4.69) is 22.3 Å². The van der Waals surface area contributed by atoms with Crippen LogP contribution in [0.1, 0.15) is 18.4 Å². The van der Waals surface area contributed by atoms with Crippen LogP contribution in [0.25, 0.3) is 16.3 Å². The van der Waals surface area contributed by atoms with E-state index in [0.717, 1.165) is 53.1 Å². The number of para-hydroxylation sites is 1. The van der Waals surface area contributed by atoms with Gasteiger partial charge in [-0.3, -0.25) is 14.9 Å². The third-order valence-corrected chi connectivity index (χ3v) is 7.05. The van der Waals surface area contributed by atoms with Crippen LogP contribution in [0.2, 0.25) is 0 Å². The predicted molar refractivity (Wildman–Crippen MR) is 121 cm³/mol. The third-order valence-electron chi connectivity index (χ3n) is 5.17. The first-order valence-electron chi connectivity index (χ1n) is 9.76. The van der Waals surface area contributed by atoms with Gasteiger partial charge in [-0.1, -0.05) is 35.6 Å². The van der Waals surface area contributed by atoms with E-state index in [1.807, 2.05) is 36.4 Å². The lowest BCUT2D eigenvalue weighted by Gasteiger charge is -2.24. The van der Waals surface area contributed by atoms with Gasteiger partial charge in [0.25, 0.3) is 11.1 Å². The number of ether oxygens (including phenoxy) is 1. The van der Waals surface area contributed by atoms with Crippen molar-refractivity contribution in [1.82, 2.24) is 10.3 Å². The summed E-state index contributed by atoms with van der Waals surface area (Å²) >= 11 is 2.65. The number of benzene rings is 2. The Morgan fingerprint density at radius 2 is 2.00 bits per heavy atom. The van der Waals surface area contributed by atoms with Crippen LogP contribution in [0.3, 0.4) is 0 Å². The van der Waals surface area contributed by atoms with Crippen molar-refractivity contribution < 1.29 is 14.3 Å². The Hall–Kier alpha value is -2.84. The van der Waals surface area contributed by atoms with Gasteiger partial charge in [-0.2, -0.15) is 0 Å². The molecule has 8 heteroatoms. The topological polar surface area (TPSA) is 71.5 Å². The Bertz CT molecular complexity index is 1110. The molecule has 1 atom stereocenters. The fraction of sp³-hybridized carbons (Fsp3) is 0.227. The molecular formula is C22H19N3O3S2. The van der Waals surface area contributed by atoms with Gasteiger partial charge in [0.2, 0.25) is 0 Å². The van der Waals surface area contributed by atoms with Gasteiger partial charge in [-0.05, 0) is 60.5 Å². The van der Waals surface area contributed by atoms with Gasteiger partial charge in [0, 0.05) is 6.54 Å². The smallest absolute Gasteiger partial charge is 0.290 e. The van der Waals surface area contributed by atoms with Crippen LogP contribution in [-0.2, 0) is 4.79 Å². The summed E-state index contributed by atoms with van der Waals surface area (Å²) in [4.78, 5) is 30.5. The number of nitrogens with zero attached hydrogens (tertiary/aromatic N) is 2. The molecule has 30 heavy (non-hydrogen) atoms. The molecule has 2 saturated heterocycles. The Balaban J connectivity index is 1.23. The van der Waals surface area contributed by atoms with E-state index in [-0.39, 0.29) is 11.1 Å². The molecule has 0 bridgehead atoms. The van der Waals surface area contributed by atoms with Crippen LogP contribution >= 0.6 is 23.1 Å². The quantitative estimate of drug-likeness (QED) is 0.585. The largest absolute Gasteiger partial charge is 0.491 e. The maximum absolute atomic E-state index is 11.7. The van der Waals surface area contributed by atoms with Gasteiger partial charge in [0.1, 0.15) is 12.4 Å². The van der Waals surface area contributed by atoms with Crippen molar-refractivity contribution in [3.05, 3.63) is 59.0 Å². The summed E-state index contributed by atoms with van der Waals surface area (Å²) in [6.07, 6.45) is 3.93. The average molecular weight is 438 g/mol. The molecule has 2 amide bonds. The van der Waals surface area contributed by atoms with Crippen molar-refractivity contribution in [1.29, 1.82) is 0 Å². The third kappa shape index (κ3) is 3.93. The zero-order chi connectivity index (χ0) is 20.5. The highest BCUT2D eigenvalue weighted by atomic mass is 32.2. The highest BCUT2D eigenvalue weighted by molar-refractivity contribution is 8.18. The molecule has 2 fully saturated rings. The highest BCUT2D eigenvalue weighted by Crippen LogP contribution is 2.33. The second-order valence-corrected chi connectivity index (χ2v) is 9.21. The van der Waals surface area contributed by atoms with Crippen LogP contribution < -0.4 is 15.0 Å². The summed E-state index contributed by atoms with van der Waals surface area (Å²) < 4.78 is 7.26. The monoisotopic (exact) mass is 437 g/mol. The minimum absolute atomic E-state index is 0.303. The molecule has 1 N–H and O–H groups in total. The predicted octanol–water partition coefficient (Wildman–Crippen LogP) is 4.67. The number of nitrogens with one attached hydrogen (secondary N) is 1. The van der Waals surface area contributed by atoms with Gasteiger partial charge in [-0.15, -0.1) is 0 Å². The first-order valence-corrected chi connectivity index (χ1v) is 11.4. The summed E-state index contributed by atoms with van der Waals surface area (Å²) in [5.74, 6) is 0.439. The average Bonchev–Trinajstić information content (AvgIpc) is 3.45. The SMILES string of the molecule is O=C1NC(=O)C(=Cc2ccc(OC[C@@H]3CCCN3c3nc4ccccc4s3)cc2)S1. The number of imide groups is 1. The number of aromatic nitrogens is 1. The van der Waals surface area contributed by atoms with Crippen molar-refractivity contribution in [2.75, 3.05) is 18.1 Å². The van der Waals surface area contributed by atoms with Gasteiger partial charge < -0.3 is 9.64 Å². The summed E-state index contributed by atoms with van der Waals surface area (Å²) in [5.41, 5.74) is 1.90. The van der Waals surface area contributed by atoms with Gasteiger partial charge in [0.15, 0.2) is 5.13 Å². The molecule has 2 aliphatic rings. The normalized spacial score (nSPS) is 20.3. The molecule has 3 heterocycles. The molecule has 0 spiro atoms. The lowest BCUT2D eigenvalue weighted by Crippen LogP contribution is -2.34. The summed E-state index contributed by atoms with van der Waals surface area (Å²) in [7, 11) is 0. The van der Waals surface area contributed by atoms with E-state index in [1.54, 1.807) is 17.4 Å². The molecule has 152 valence electrons. The summed E-state index contributed by atoms with van der Waals surface area (Å²) in [6, 6.07) is 16.1. The number of carbonyl (C=O) groups excluding carboxylic acids is 2.